The lowest BCUT2D eigenvalue weighted by molar-refractivity contribution is 0.235. The fourth-order valence-corrected chi connectivity index (χ4v) is 2.29. The predicted octanol–water partition coefficient (Wildman–Crippen LogP) is 3.06. The number of carbonyl (C=O) groups is 1. The van der Waals surface area contributed by atoms with Crippen LogP contribution < -0.4 is 20.1 Å². The molecule has 2 N–H and O–H groups in total. The van der Waals surface area contributed by atoms with E-state index in [1.807, 2.05) is 25.1 Å². The van der Waals surface area contributed by atoms with E-state index in [1.165, 1.54) is 6.07 Å². The molecule has 0 atom stereocenters. The fourth-order valence-electron chi connectivity index (χ4n) is 2.29. The van der Waals surface area contributed by atoms with E-state index in [2.05, 4.69) is 10.6 Å². The molecule has 2 aromatic carbocycles. The maximum atomic E-state index is 13.5. The number of halogens is 1. The molecule has 0 saturated heterocycles. The number of carbonyl (C=O) groups excluding carboxylic acids is 1. The van der Waals surface area contributed by atoms with Gasteiger partial charge in [0.2, 0.25) is 0 Å². The largest absolute Gasteiger partial charge is 0.493 e. The minimum atomic E-state index is -0.309. The molecule has 134 valence electrons. The van der Waals surface area contributed by atoms with E-state index in [1.54, 1.807) is 25.3 Å². The molecule has 0 aliphatic heterocycles. The first kappa shape index (κ1) is 18.6. The number of aryl methyl sites for hydroxylation is 1. The Morgan fingerprint density at radius 2 is 1.84 bits per heavy atom. The summed E-state index contributed by atoms with van der Waals surface area (Å²) in [6, 6.07) is 11.9. The van der Waals surface area contributed by atoms with Crippen LogP contribution in [0.4, 0.5) is 9.18 Å². The molecule has 0 radical (unpaired) electrons. The van der Waals surface area contributed by atoms with Crippen LogP contribution in [0.2, 0.25) is 0 Å². The molecule has 0 spiro atoms. The minimum absolute atomic E-state index is 0.259. The molecule has 0 aliphatic rings. The first-order valence-electron chi connectivity index (χ1n) is 8.12. The van der Waals surface area contributed by atoms with Crippen LogP contribution in [-0.2, 0) is 6.42 Å². The smallest absolute Gasteiger partial charge is 0.314 e. The van der Waals surface area contributed by atoms with E-state index in [9.17, 15) is 9.18 Å². The summed E-state index contributed by atoms with van der Waals surface area (Å²) in [5, 5.41) is 5.38. The number of benzene rings is 2. The second-order valence-corrected chi connectivity index (χ2v) is 5.53. The molecule has 2 amide bonds. The van der Waals surface area contributed by atoms with Crippen molar-refractivity contribution >= 4 is 6.03 Å². The molecule has 25 heavy (non-hydrogen) atoms. The standard InChI is InChI=1S/C19H23FN2O3/c1-14-7-8-17(18(13-14)24-2)25-12-11-22-19(23)21-10-9-15-5-3-4-6-16(15)20/h3-8,13H,9-12H2,1-2H3,(H2,21,22,23). The second-order valence-electron chi connectivity index (χ2n) is 5.53. The van der Waals surface area contributed by atoms with E-state index in [-0.39, 0.29) is 11.8 Å². The number of nitrogens with one attached hydrogen (secondary N) is 2. The normalized spacial score (nSPS) is 10.2. The van der Waals surface area contributed by atoms with Crippen molar-refractivity contribution in [1.82, 2.24) is 10.6 Å². The number of hydrogen-bond donors (Lipinski definition) is 2. The lowest BCUT2D eigenvalue weighted by Gasteiger charge is -2.12. The van der Waals surface area contributed by atoms with Crippen molar-refractivity contribution in [3.8, 4) is 11.5 Å². The van der Waals surface area contributed by atoms with Crippen molar-refractivity contribution in [3.05, 3.63) is 59.4 Å². The highest BCUT2D eigenvalue weighted by molar-refractivity contribution is 5.73. The number of ether oxygens (including phenoxy) is 2. The van der Waals surface area contributed by atoms with E-state index < -0.39 is 0 Å². The van der Waals surface area contributed by atoms with Gasteiger partial charge in [-0.3, -0.25) is 0 Å². The van der Waals surface area contributed by atoms with Gasteiger partial charge >= 0.3 is 6.03 Å². The topological polar surface area (TPSA) is 59.6 Å². The Morgan fingerprint density at radius 1 is 1.08 bits per heavy atom. The molecule has 2 aromatic rings. The average molecular weight is 346 g/mol. The van der Waals surface area contributed by atoms with Crippen LogP contribution in [0.25, 0.3) is 0 Å². The van der Waals surface area contributed by atoms with E-state index in [0.717, 1.165) is 5.56 Å². The van der Waals surface area contributed by atoms with Gasteiger partial charge in [0.1, 0.15) is 12.4 Å². The maximum absolute atomic E-state index is 13.5. The van der Waals surface area contributed by atoms with Gasteiger partial charge in [0.25, 0.3) is 0 Å². The van der Waals surface area contributed by atoms with Gasteiger partial charge in [-0.2, -0.15) is 0 Å². The van der Waals surface area contributed by atoms with Gasteiger partial charge in [-0.25, -0.2) is 9.18 Å². The predicted molar refractivity (Wildman–Crippen MR) is 94.7 cm³/mol. The fraction of sp³-hybridized carbons (Fsp3) is 0.316. The summed E-state index contributed by atoms with van der Waals surface area (Å²) in [5.74, 6) is 1.04. The Hall–Kier alpha value is -2.76. The summed E-state index contributed by atoms with van der Waals surface area (Å²) in [4.78, 5) is 11.7. The Bertz CT molecular complexity index is 707. The Morgan fingerprint density at radius 3 is 2.60 bits per heavy atom. The molecule has 0 aliphatic carbocycles. The highest BCUT2D eigenvalue weighted by atomic mass is 19.1. The Labute approximate surface area is 147 Å². The first-order valence-corrected chi connectivity index (χ1v) is 8.12. The number of rotatable bonds is 8. The molecule has 0 saturated carbocycles. The number of hydrogen-bond acceptors (Lipinski definition) is 3. The zero-order valence-electron chi connectivity index (χ0n) is 14.5. The van der Waals surface area contributed by atoms with Crippen molar-refractivity contribution in [3.63, 3.8) is 0 Å². The molecule has 0 bridgehead atoms. The number of urea groups is 1. The lowest BCUT2D eigenvalue weighted by atomic mass is 10.1. The van der Waals surface area contributed by atoms with Crippen LogP contribution in [0.15, 0.2) is 42.5 Å². The van der Waals surface area contributed by atoms with Crippen LogP contribution in [0.5, 0.6) is 11.5 Å². The van der Waals surface area contributed by atoms with Crippen LogP contribution in [0.3, 0.4) is 0 Å². The van der Waals surface area contributed by atoms with Gasteiger partial charge in [0.15, 0.2) is 11.5 Å². The van der Waals surface area contributed by atoms with E-state index >= 15 is 0 Å². The SMILES string of the molecule is COc1cc(C)ccc1OCCNC(=O)NCCc1ccccc1F. The van der Waals surface area contributed by atoms with Gasteiger partial charge in [-0.05, 0) is 42.7 Å². The minimum Gasteiger partial charge on any atom is -0.493 e. The molecular weight excluding hydrogens is 323 g/mol. The van der Waals surface area contributed by atoms with Crippen molar-refractivity contribution in [2.45, 2.75) is 13.3 Å². The lowest BCUT2D eigenvalue weighted by Crippen LogP contribution is -2.38. The number of methoxy groups -OCH3 is 1. The molecule has 0 heterocycles. The molecule has 0 aromatic heterocycles. The third kappa shape index (κ3) is 5.99. The van der Waals surface area contributed by atoms with Crippen LogP contribution in [-0.4, -0.2) is 32.8 Å². The summed E-state index contributed by atoms with van der Waals surface area (Å²) < 4.78 is 24.3. The first-order chi connectivity index (χ1) is 12.1. The summed E-state index contributed by atoms with van der Waals surface area (Å²) in [6.45, 7) is 3.00. The molecule has 2 rings (SSSR count). The van der Waals surface area contributed by atoms with Crippen molar-refractivity contribution in [2.75, 3.05) is 26.8 Å². The third-order valence-electron chi connectivity index (χ3n) is 3.60. The molecule has 6 heteroatoms. The van der Waals surface area contributed by atoms with Crippen molar-refractivity contribution in [2.24, 2.45) is 0 Å². The molecule has 0 fully saturated rings. The van der Waals surface area contributed by atoms with E-state index in [4.69, 9.17) is 9.47 Å². The van der Waals surface area contributed by atoms with E-state index in [0.29, 0.717) is 43.2 Å². The summed E-state index contributed by atoms with van der Waals surface area (Å²) in [7, 11) is 1.59. The summed E-state index contributed by atoms with van der Waals surface area (Å²) in [6.07, 6.45) is 0.442. The quantitative estimate of drug-likeness (QED) is 0.722. The average Bonchev–Trinajstić information content (AvgIpc) is 2.61. The zero-order valence-corrected chi connectivity index (χ0v) is 14.5. The van der Waals surface area contributed by atoms with Crippen molar-refractivity contribution < 1.29 is 18.7 Å². The van der Waals surface area contributed by atoms with Gasteiger partial charge in [0.05, 0.1) is 13.7 Å². The van der Waals surface area contributed by atoms with Crippen molar-refractivity contribution in [1.29, 1.82) is 0 Å². The van der Waals surface area contributed by atoms with Crippen LogP contribution in [0, 0.1) is 12.7 Å². The van der Waals surface area contributed by atoms with Gasteiger partial charge in [-0.1, -0.05) is 24.3 Å². The van der Waals surface area contributed by atoms with Crippen LogP contribution >= 0.6 is 0 Å². The van der Waals surface area contributed by atoms with Crippen LogP contribution in [0.1, 0.15) is 11.1 Å². The van der Waals surface area contributed by atoms with Gasteiger partial charge < -0.3 is 20.1 Å². The summed E-state index contributed by atoms with van der Waals surface area (Å²) >= 11 is 0. The number of amides is 2. The molecule has 5 nitrogen and oxygen atoms in total. The molecule has 0 unspecified atom stereocenters. The second kappa shape index (κ2) is 9.52. The zero-order chi connectivity index (χ0) is 18.1. The highest BCUT2D eigenvalue weighted by Crippen LogP contribution is 2.27. The molecular formula is C19H23FN2O3. The van der Waals surface area contributed by atoms with Gasteiger partial charge in [-0.15, -0.1) is 0 Å². The highest BCUT2D eigenvalue weighted by Gasteiger charge is 2.05. The Kier molecular flexibility index (Phi) is 7.07. The monoisotopic (exact) mass is 346 g/mol. The van der Waals surface area contributed by atoms with Gasteiger partial charge in [0, 0.05) is 6.54 Å². The third-order valence-corrected chi connectivity index (χ3v) is 3.60. The summed E-state index contributed by atoms with van der Waals surface area (Å²) in [5.41, 5.74) is 1.66. The maximum Gasteiger partial charge on any atom is 0.314 e. The Balaban J connectivity index is 1.65.